The van der Waals surface area contributed by atoms with E-state index in [0.29, 0.717) is 18.4 Å². The highest BCUT2D eigenvalue weighted by Gasteiger charge is 2.19. The zero-order valence-electron chi connectivity index (χ0n) is 10.1. The summed E-state index contributed by atoms with van der Waals surface area (Å²) >= 11 is 1.15. The maximum absolute atomic E-state index is 12.0. The molecule has 0 unspecified atom stereocenters. The van der Waals surface area contributed by atoms with E-state index in [1.807, 2.05) is 18.2 Å². The number of carboxylic acids is 1. The lowest BCUT2D eigenvalue weighted by Crippen LogP contribution is -2.07. The number of carboxylic acid groups (broad SMARTS) is 1. The Morgan fingerprint density at radius 1 is 1.26 bits per heavy atom. The van der Waals surface area contributed by atoms with Crippen LogP contribution in [0, 0.1) is 0 Å². The van der Waals surface area contributed by atoms with Gasteiger partial charge < -0.3 is 5.11 Å². The molecule has 19 heavy (non-hydrogen) atoms. The topological polar surface area (TPSA) is 84.3 Å². The molecule has 0 fully saturated rings. The van der Waals surface area contributed by atoms with E-state index < -0.39 is 15.8 Å². The third kappa shape index (κ3) is 3.51. The van der Waals surface area contributed by atoms with Crippen LogP contribution in [-0.2, 0) is 14.6 Å². The molecule has 1 heterocycles. The lowest BCUT2D eigenvalue weighted by molar-refractivity contribution is -0.137. The molecule has 0 atom stereocenters. The standard InChI is InChI=1S/C12H13NO4S2/c14-11(15)7-3-4-8-19(16,17)12-13-9-5-1-2-6-10(9)18-12/h1-2,5-6H,3-4,7-8H2,(H,14,15). The molecule has 5 nitrogen and oxygen atoms in total. The van der Waals surface area contributed by atoms with E-state index in [0.717, 1.165) is 16.0 Å². The summed E-state index contributed by atoms with van der Waals surface area (Å²) in [5.74, 6) is -0.961. The molecule has 1 aromatic carbocycles. The number of hydrogen-bond donors (Lipinski definition) is 1. The van der Waals surface area contributed by atoms with Crippen LogP contribution >= 0.6 is 11.3 Å². The van der Waals surface area contributed by atoms with Crippen LogP contribution in [0.25, 0.3) is 10.2 Å². The number of aromatic nitrogens is 1. The van der Waals surface area contributed by atoms with Gasteiger partial charge in [-0.15, -0.1) is 11.3 Å². The minimum absolute atomic E-state index is 0.00460. The Balaban J connectivity index is 2.08. The zero-order chi connectivity index (χ0) is 13.9. The molecule has 0 saturated heterocycles. The van der Waals surface area contributed by atoms with Crippen LogP contribution < -0.4 is 0 Å². The first-order chi connectivity index (χ1) is 8.99. The Morgan fingerprint density at radius 3 is 2.68 bits per heavy atom. The number of benzene rings is 1. The number of nitrogens with zero attached hydrogens (tertiary/aromatic N) is 1. The number of unbranched alkanes of at least 4 members (excludes halogenated alkanes) is 1. The normalized spacial score (nSPS) is 11.8. The van der Waals surface area contributed by atoms with Gasteiger partial charge in [0.25, 0.3) is 0 Å². The van der Waals surface area contributed by atoms with Crippen LogP contribution in [0.3, 0.4) is 0 Å². The molecule has 0 saturated carbocycles. The second-order valence-corrected chi connectivity index (χ2v) is 7.43. The van der Waals surface area contributed by atoms with Gasteiger partial charge in [0.15, 0.2) is 0 Å². The molecule has 0 spiro atoms. The Morgan fingerprint density at radius 2 is 2.00 bits per heavy atom. The van der Waals surface area contributed by atoms with Gasteiger partial charge in [0.2, 0.25) is 14.2 Å². The molecular weight excluding hydrogens is 286 g/mol. The fourth-order valence-corrected chi connectivity index (χ4v) is 4.36. The number of sulfone groups is 1. The van der Waals surface area contributed by atoms with Gasteiger partial charge in [-0.05, 0) is 25.0 Å². The van der Waals surface area contributed by atoms with Crippen molar-refractivity contribution in [1.82, 2.24) is 4.98 Å². The predicted molar refractivity (Wildman–Crippen MR) is 73.2 cm³/mol. The molecule has 0 amide bonds. The number of thiazole rings is 1. The number of carbonyl (C=O) groups is 1. The van der Waals surface area contributed by atoms with Gasteiger partial charge in [0.05, 0.1) is 16.0 Å². The predicted octanol–water partition coefficient (Wildman–Crippen LogP) is 2.32. The Labute approximate surface area is 114 Å². The molecule has 7 heteroatoms. The summed E-state index contributed by atoms with van der Waals surface area (Å²) in [7, 11) is -3.41. The van der Waals surface area contributed by atoms with E-state index in [4.69, 9.17) is 5.11 Å². The maximum atomic E-state index is 12.0. The highest BCUT2D eigenvalue weighted by atomic mass is 32.2. The first-order valence-electron chi connectivity index (χ1n) is 5.79. The molecule has 0 bridgehead atoms. The van der Waals surface area contributed by atoms with Crippen molar-refractivity contribution in [2.24, 2.45) is 0 Å². The van der Waals surface area contributed by atoms with Gasteiger partial charge in [-0.25, -0.2) is 13.4 Å². The molecular formula is C12H13NO4S2. The van der Waals surface area contributed by atoms with Crippen molar-refractivity contribution in [3.8, 4) is 0 Å². The van der Waals surface area contributed by atoms with Gasteiger partial charge in [0, 0.05) is 6.42 Å². The fourth-order valence-electron chi connectivity index (χ4n) is 1.64. The summed E-state index contributed by atoms with van der Waals surface area (Å²) in [6.07, 6.45) is 0.694. The lowest BCUT2D eigenvalue weighted by Gasteiger charge is -1.99. The van der Waals surface area contributed by atoms with E-state index in [1.54, 1.807) is 6.07 Å². The number of hydrogen-bond acceptors (Lipinski definition) is 5. The number of fused-ring (bicyclic) bond motifs is 1. The van der Waals surface area contributed by atoms with Crippen molar-refractivity contribution >= 4 is 37.4 Å². The van der Waals surface area contributed by atoms with Crippen molar-refractivity contribution in [2.45, 2.75) is 23.6 Å². The third-order valence-corrected chi connectivity index (χ3v) is 5.89. The molecule has 0 aliphatic heterocycles. The summed E-state index contributed by atoms with van der Waals surface area (Å²) < 4.78 is 25.0. The fraction of sp³-hybridized carbons (Fsp3) is 0.333. The van der Waals surface area contributed by atoms with Gasteiger partial charge >= 0.3 is 5.97 Å². The summed E-state index contributed by atoms with van der Waals surface area (Å²) in [5, 5.41) is 8.50. The minimum Gasteiger partial charge on any atom is -0.481 e. The second kappa shape index (κ2) is 5.66. The first kappa shape index (κ1) is 14.0. The van der Waals surface area contributed by atoms with Crippen LogP contribution in [-0.4, -0.2) is 30.2 Å². The van der Waals surface area contributed by atoms with E-state index in [1.165, 1.54) is 0 Å². The average molecular weight is 299 g/mol. The smallest absolute Gasteiger partial charge is 0.303 e. The maximum Gasteiger partial charge on any atom is 0.303 e. The van der Waals surface area contributed by atoms with Crippen molar-refractivity contribution in [3.05, 3.63) is 24.3 Å². The largest absolute Gasteiger partial charge is 0.481 e. The molecule has 0 aliphatic carbocycles. The Hall–Kier alpha value is -1.47. The van der Waals surface area contributed by atoms with Crippen molar-refractivity contribution in [3.63, 3.8) is 0 Å². The van der Waals surface area contributed by atoms with Crippen LogP contribution in [0.5, 0.6) is 0 Å². The Kier molecular flexibility index (Phi) is 4.16. The summed E-state index contributed by atoms with van der Waals surface area (Å²) in [4.78, 5) is 14.5. The zero-order valence-corrected chi connectivity index (χ0v) is 11.7. The summed E-state index contributed by atoms with van der Waals surface area (Å²) in [5.41, 5.74) is 0.677. The summed E-state index contributed by atoms with van der Waals surface area (Å²) in [6.45, 7) is 0. The lowest BCUT2D eigenvalue weighted by atomic mass is 10.3. The van der Waals surface area contributed by atoms with Crippen LogP contribution in [0.15, 0.2) is 28.6 Å². The number of aliphatic carboxylic acids is 1. The average Bonchev–Trinajstić information content (AvgIpc) is 2.79. The highest BCUT2D eigenvalue weighted by molar-refractivity contribution is 7.93. The van der Waals surface area contributed by atoms with Gasteiger partial charge in [0.1, 0.15) is 0 Å². The first-order valence-corrected chi connectivity index (χ1v) is 8.26. The van der Waals surface area contributed by atoms with Crippen molar-refractivity contribution < 1.29 is 18.3 Å². The molecule has 102 valence electrons. The SMILES string of the molecule is O=C(O)CCCCS(=O)(=O)c1nc2ccccc2s1. The van der Waals surface area contributed by atoms with E-state index in [9.17, 15) is 13.2 Å². The quantitative estimate of drug-likeness (QED) is 0.827. The molecule has 0 aliphatic rings. The van der Waals surface area contributed by atoms with Crippen molar-refractivity contribution in [1.29, 1.82) is 0 Å². The Bertz CT molecular complexity index is 658. The third-order valence-electron chi connectivity index (χ3n) is 2.59. The van der Waals surface area contributed by atoms with E-state index in [2.05, 4.69) is 4.98 Å². The minimum atomic E-state index is -3.41. The van der Waals surface area contributed by atoms with Crippen LogP contribution in [0.2, 0.25) is 0 Å². The molecule has 1 aromatic heterocycles. The van der Waals surface area contributed by atoms with Gasteiger partial charge in [-0.2, -0.15) is 0 Å². The van der Waals surface area contributed by atoms with Crippen molar-refractivity contribution in [2.75, 3.05) is 5.75 Å². The monoisotopic (exact) mass is 299 g/mol. The number of para-hydroxylation sites is 1. The second-order valence-electron chi connectivity index (χ2n) is 4.12. The van der Waals surface area contributed by atoms with E-state index >= 15 is 0 Å². The molecule has 2 aromatic rings. The molecule has 0 radical (unpaired) electrons. The van der Waals surface area contributed by atoms with E-state index in [-0.39, 0.29) is 16.5 Å². The highest BCUT2D eigenvalue weighted by Crippen LogP contribution is 2.26. The van der Waals surface area contributed by atoms with Gasteiger partial charge in [-0.1, -0.05) is 12.1 Å². The van der Waals surface area contributed by atoms with Crippen LogP contribution in [0.4, 0.5) is 0 Å². The van der Waals surface area contributed by atoms with Crippen LogP contribution in [0.1, 0.15) is 19.3 Å². The molecule has 2 rings (SSSR count). The van der Waals surface area contributed by atoms with Gasteiger partial charge in [-0.3, -0.25) is 4.79 Å². The summed E-state index contributed by atoms with van der Waals surface area (Å²) in [6, 6.07) is 7.25. The molecule has 1 N–H and O–H groups in total. The number of rotatable bonds is 6.